The maximum atomic E-state index is 13.0. The van der Waals surface area contributed by atoms with Crippen molar-refractivity contribution in [1.29, 1.82) is 0 Å². The zero-order valence-corrected chi connectivity index (χ0v) is 16.3. The Hall–Kier alpha value is -3.26. The molecular formula is C21H18N4O3S. The Balaban J connectivity index is 1.38. The highest BCUT2D eigenvalue weighted by molar-refractivity contribution is 7.18. The van der Waals surface area contributed by atoms with Gasteiger partial charge in [-0.2, -0.15) is 4.68 Å². The van der Waals surface area contributed by atoms with E-state index in [2.05, 4.69) is 5.10 Å². The fourth-order valence-electron chi connectivity index (χ4n) is 3.68. The van der Waals surface area contributed by atoms with Crippen LogP contribution in [-0.2, 0) is 11.3 Å². The second kappa shape index (κ2) is 7.29. The lowest BCUT2D eigenvalue weighted by molar-refractivity contribution is -0.133. The lowest BCUT2D eigenvalue weighted by Gasteiger charge is -2.22. The predicted octanol–water partition coefficient (Wildman–Crippen LogP) is 3.48. The fourth-order valence-corrected chi connectivity index (χ4v) is 4.79. The van der Waals surface area contributed by atoms with E-state index in [1.807, 2.05) is 42.5 Å². The normalized spacial score (nSPS) is 16.6. The molecule has 4 aromatic rings. The van der Waals surface area contributed by atoms with Crippen LogP contribution in [0.4, 0.5) is 0 Å². The summed E-state index contributed by atoms with van der Waals surface area (Å²) in [5.74, 6) is -0.567. The van der Waals surface area contributed by atoms with Crippen molar-refractivity contribution in [2.24, 2.45) is 0 Å². The number of hydrogen-bond donors (Lipinski definition) is 0. The van der Waals surface area contributed by atoms with Gasteiger partial charge in [-0.05, 0) is 37.1 Å². The summed E-state index contributed by atoms with van der Waals surface area (Å²) in [6.45, 7) is 0.508. The molecule has 0 unspecified atom stereocenters. The maximum Gasteiger partial charge on any atom is 0.437 e. The Morgan fingerprint density at radius 1 is 1.14 bits per heavy atom. The molecule has 0 bridgehead atoms. The van der Waals surface area contributed by atoms with E-state index in [4.69, 9.17) is 9.40 Å². The number of benzene rings is 2. The van der Waals surface area contributed by atoms with Crippen molar-refractivity contribution >= 4 is 27.5 Å². The number of amides is 1. The summed E-state index contributed by atoms with van der Waals surface area (Å²) >= 11 is 1.62. The number of fused-ring (bicyclic) bond motifs is 1. The third-order valence-corrected chi connectivity index (χ3v) is 6.22. The molecule has 8 heteroatoms. The Morgan fingerprint density at radius 3 is 2.76 bits per heavy atom. The van der Waals surface area contributed by atoms with Gasteiger partial charge in [-0.1, -0.05) is 30.3 Å². The van der Waals surface area contributed by atoms with Crippen LogP contribution < -0.4 is 5.76 Å². The maximum absolute atomic E-state index is 13.0. The summed E-state index contributed by atoms with van der Waals surface area (Å²) in [4.78, 5) is 31.7. The molecule has 1 amide bonds. The first-order valence-electron chi connectivity index (χ1n) is 9.47. The second-order valence-electron chi connectivity index (χ2n) is 6.96. The van der Waals surface area contributed by atoms with E-state index in [9.17, 15) is 9.59 Å². The molecule has 0 radical (unpaired) electrons. The molecule has 3 heterocycles. The molecule has 1 atom stereocenters. The minimum Gasteiger partial charge on any atom is -0.388 e. The molecule has 29 heavy (non-hydrogen) atoms. The van der Waals surface area contributed by atoms with Crippen molar-refractivity contribution in [3.8, 4) is 11.5 Å². The zero-order chi connectivity index (χ0) is 19.8. The van der Waals surface area contributed by atoms with Crippen LogP contribution in [-0.4, -0.2) is 32.1 Å². The summed E-state index contributed by atoms with van der Waals surface area (Å²) in [6.07, 6.45) is 1.78. The van der Waals surface area contributed by atoms with Gasteiger partial charge in [-0.25, -0.2) is 9.78 Å². The highest BCUT2D eigenvalue weighted by Gasteiger charge is 2.32. The van der Waals surface area contributed by atoms with Crippen LogP contribution in [0, 0.1) is 0 Å². The van der Waals surface area contributed by atoms with Gasteiger partial charge in [-0.3, -0.25) is 4.79 Å². The quantitative estimate of drug-likeness (QED) is 0.518. The van der Waals surface area contributed by atoms with Crippen molar-refractivity contribution in [2.45, 2.75) is 25.4 Å². The number of thiazole rings is 1. The third kappa shape index (κ3) is 3.36. The Morgan fingerprint density at radius 2 is 1.93 bits per heavy atom. The van der Waals surface area contributed by atoms with Crippen molar-refractivity contribution in [3.63, 3.8) is 0 Å². The van der Waals surface area contributed by atoms with E-state index >= 15 is 0 Å². The van der Waals surface area contributed by atoms with E-state index < -0.39 is 5.76 Å². The summed E-state index contributed by atoms with van der Waals surface area (Å²) < 4.78 is 7.44. The standard InChI is InChI=1S/C21H18N4O3S/c26-18(13-25-21(27)28-19(23-25)14-7-2-1-3-8-14)24-12-6-10-16(24)20-22-15-9-4-5-11-17(15)29-20/h1-5,7-9,11,16H,6,10,12-13H2/t16-/m1/s1. The third-order valence-electron chi connectivity index (χ3n) is 5.08. The molecule has 0 saturated carbocycles. The van der Waals surface area contributed by atoms with Crippen LogP contribution in [0.15, 0.2) is 63.8 Å². The van der Waals surface area contributed by atoms with Crippen LogP contribution in [0.3, 0.4) is 0 Å². The van der Waals surface area contributed by atoms with Gasteiger partial charge in [0, 0.05) is 12.1 Å². The number of hydrogen-bond acceptors (Lipinski definition) is 6. The smallest absolute Gasteiger partial charge is 0.388 e. The molecule has 1 aliphatic rings. The number of aromatic nitrogens is 3. The number of nitrogens with zero attached hydrogens (tertiary/aromatic N) is 4. The molecule has 2 aromatic carbocycles. The van der Waals surface area contributed by atoms with Gasteiger partial charge in [0.1, 0.15) is 11.6 Å². The van der Waals surface area contributed by atoms with E-state index in [-0.39, 0.29) is 24.4 Å². The van der Waals surface area contributed by atoms with Crippen molar-refractivity contribution in [3.05, 3.63) is 70.2 Å². The van der Waals surface area contributed by atoms with E-state index in [0.29, 0.717) is 12.1 Å². The van der Waals surface area contributed by atoms with Crippen LogP contribution in [0.5, 0.6) is 0 Å². The molecule has 1 saturated heterocycles. The molecule has 0 aliphatic carbocycles. The predicted molar refractivity (Wildman–Crippen MR) is 110 cm³/mol. The summed E-state index contributed by atoms with van der Waals surface area (Å²) in [6, 6.07) is 17.1. The number of para-hydroxylation sites is 1. The molecular weight excluding hydrogens is 388 g/mol. The van der Waals surface area contributed by atoms with Gasteiger partial charge in [0.15, 0.2) is 0 Å². The first kappa shape index (κ1) is 17.8. The highest BCUT2D eigenvalue weighted by atomic mass is 32.1. The summed E-state index contributed by atoms with van der Waals surface area (Å²) in [7, 11) is 0. The highest BCUT2D eigenvalue weighted by Crippen LogP contribution is 2.36. The first-order chi connectivity index (χ1) is 14.2. The molecule has 0 N–H and O–H groups in total. The first-order valence-corrected chi connectivity index (χ1v) is 10.3. The molecule has 7 nitrogen and oxygen atoms in total. The van der Waals surface area contributed by atoms with Crippen LogP contribution in [0.25, 0.3) is 21.7 Å². The lowest BCUT2D eigenvalue weighted by atomic mass is 10.2. The van der Waals surface area contributed by atoms with Crippen molar-refractivity contribution < 1.29 is 9.21 Å². The number of rotatable bonds is 4. The van der Waals surface area contributed by atoms with Gasteiger partial charge in [-0.15, -0.1) is 16.4 Å². The Kier molecular flexibility index (Phi) is 4.48. The van der Waals surface area contributed by atoms with E-state index in [0.717, 1.165) is 32.7 Å². The van der Waals surface area contributed by atoms with Gasteiger partial charge in [0.05, 0.1) is 16.3 Å². The van der Waals surface area contributed by atoms with Gasteiger partial charge >= 0.3 is 5.76 Å². The minimum absolute atomic E-state index is 0.0592. The number of carbonyl (C=O) groups is 1. The molecule has 0 spiro atoms. The number of likely N-dealkylation sites (tertiary alicyclic amines) is 1. The molecule has 1 aliphatic heterocycles. The van der Waals surface area contributed by atoms with Gasteiger partial charge in [0.2, 0.25) is 11.8 Å². The van der Waals surface area contributed by atoms with E-state index in [1.165, 1.54) is 0 Å². The van der Waals surface area contributed by atoms with Gasteiger partial charge < -0.3 is 9.32 Å². The van der Waals surface area contributed by atoms with Crippen LogP contribution in [0.1, 0.15) is 23.9 Å². The molecule has 146 valence electrons. The monoisotopic (exact) mass is 406 g/mol. The Bertz CT molecular complexity index is 1190. The summed E-state index contributed by atoms with van der Waals surface area (Å²) in [5, 5.41) is 5.14. The fraction of sp³-hybridized carbons (Fsp3) is 0.238. The lowest BCUT2D eigenvalue weighted by Crippen LogP contribution is -2.35. The molecule has 1 fully saturated rings. The topological polar surface area (TPSA) is 81.2 Å². The van der Waals surface area contributed by atoms with Crippen LogP contribution in [0.2, 0.25) is 0 Å². The largest absolute Gasteiger partial charge is 0.437 e. The molecule has 2 aromatic heterocycles. The zero-order valence-electron chi connectivity index (χ0n) is 15.5. The van der Waals surface area contributed by atoms with Crippen molar-refractivity contribution in [2.75, 3.05) is 6.54 Å². The minimum atomic E-state index is -0.632. The second-order valence-corrected chi connectivity index (χ2v) is 8.02. The van der Waals surface area contributed by atoms with Crippen LogP contribution >= 0.6 is 11.3 Å². The average molecular weight is 406 g/mol. The summed E-state index contributed by atoms with van der Waals surface area (Å²) in [5.41, 5.74) is 1.65. The SMILES string of the molecule is O=C(Cn1nc(-c2ccccc2)oc1=O)N1CCC[C@@H]1c1nc2ccccc2s1. The average Bonchev–Trinajstić information content (AvgIpc) is 3.46. The molecule has 5 rings (SSSR count). The van der Waals surface area contributed by atoms with Gasteiger partial charge in [0.25, 0.3) is 0 Å². The van der Waals surface area contributed by atoms with Crippen molar-refractivity contribution in [1.82, 2.24) is 19.7 Å². The van der Waals surface area contributed by atoms with E-state index in [1.54, 1.807) is 28.4 Å². The number of carbonyl (C=O) groups excluding carboxylic acids is 1. The Labute approximate surface area is 170 Å².